The van der Waals surface area contributed by atoms with Gasteiger partial charge in [0.05, 0.1) is 5.56 Å². The summed E-state index contributed by atoms with van der Waals surface area (Å²) in [7, 11) is 0. The summed E-state index contributed by atoms with van der Waals surface area (Å²) < 4.78 is 39.2. The van der Waals surface area contributed by atoms with Crippen molar-refractivity contribution >= 4 is 17.5 Å². The van der Waals surface area contributed by atoms with E-state index in [0.29, 0.717) is 11.1 Å². The van der Waals surface area contributed by atoms with Crippen LogP contribution in [0.4, 0.5) is 24.8 Å². The largest absolute Gasteiger partial charge is 0.416 e. The molecular formula is C20H17F3N4O. The second-order valence-electron chi connectivity index (χ2n) is 6.34. The van der Waals surface area contributed by atoms with Crippen molar-refractivity contribution < 1.29 is 18.0 Å². The predicted octanol–water partition coefficient (Wildman–Crippen LogP) is 4.61. The van der Waals surface area contributed by atoms with Crippen molar-refractivity contribution in [3.8, 4) is 11.1 Å². The van der Waals surface area contributed by atoms with Gasteiger partial charge in [-0.15, -0.1) is 0 Å². The van der Waals surface area contributed by atoms with Crippen LogP contribution in [0.3, 0.4) is 0 Å². The number of aryl methyl sites for hydroxylation is 2. The van der Waals surface area contributed by atoms with Crippen molar-refractivity contribution in [2.24, 2.45) is 0 Å². The number of nitrogens with zero attached hydrogens (tertiary/aromatic N) is 2. The van der Waals surface area contributed by atoms with Crippen LogP contribution in [0.2, 0.25) is 0 Å². The third-order valence-corrected chi connectivity index (χ3v) is 4.28. The number of alkyl halides is 3. The lowest BCUT2D eigenvalue weighted by molar-refractivity contribution is -0.138. The highest BCUT2D eigenvalue weighted by molar-refractivity contribution is 6.05. The summed E-state index contributed by atoms with van der Waals surface area (Å²) >= 11 is 0. The monoisotopic (exact) mass is 386 g/mol. The summed E-state index contributed by atoms with van der Waals surface area (Å²) in [4.78, 5) is 20.4. The first kappa shape index (κ1) is 19.3. The number of rotatable bonds is 3. The second-order valence-corrected chi connectivity index (χ2v) is 6.34. The molecule has 0 aliphatic heterocycles. The van der Waals surface area contributed by atoms with E-state index in [9.17, 15) is 18.0 Å². The van der Waals surface area contributed by atoms with E-state index >= 15 is 0 Å². The quantitative estimate of drug-likeness (QED) is 0.689. The minimum atomic E-state index is -4.49. The van der Waals surface area contributed by atoms with Crippen molar-refractivity contribution in [3.05, 3.63) is 71.0 Å². The number of anilines is 2. The average Bonchev–Trinajstić information content (AvgIpc) is 2.63. The Kier molecular flexibility index (Phi) is 5.04. The van der Waals surface area contributed by atoms with Crippen LogP contribution in [-0.2, 0) is 6.18 Å². The van der Waals surface area contributed by atoms with Crippen LogP contribution in [0.5, 0.6) is 0 Å². The molecule has 2 aromatic carbocycles. The highest BCUT2D eigenvalue weighted by Crippen LogP contribution is 2.33. The molecule has 0 fully saturated rings. The standard InChI is InChI=1S/C20H17F3N4O/c1-11-3-5-13(7-16(11)14-9-25-19(24)26-10-14)18(28)27-15-6-4-12(2)17(8-15)20(21,22)23/h3-10H,1-2H3,(H,27,28)(H2,24,25,26). The molecule has 8 heteroatoms. The molecule has 5 nitrogen and oxygen atoms in total. The number of carbonyl (C=O) groups excluding carboxylic acids is 1. The summed E-state index contributed by atoms with van der Waals surface area (Å²) in [6.07, 6.45) is -1.40. The molecule has 0 radical (unpaired) electrons. The molecule has 144 valence electrons. The van der Waals surface area contributed by atoms with Crippen LogP contribution in [-0.4, -0.2) is 15.9 Å². The van der Waals surface area contributed by atoms with Crippen molar-refractivity contribution in [1.29, 1.82) is 0 Å². The SMILES string of the molecule is Cc1ccc(C(=O)Nc2ccc(C)c(C(F)(F)F)c2)cc1-c1cnc(N)nc1. The molecule has 0 aliphatic carbocycles. The van der Waals surface area contributed by atoms with Crippen LogP contribution in [0.25, 0.3) is 11.1 Å². The van der Waals surface area contributed by atoms with E-state index in [-0.39, 0.29) is 17.2 Å². The van der Waals surface area contributed by atoms with Gasteiger partial charge in [-0.25, -0.2) is 9.97 Å². The highest BCUT2D eigenvalue weighted by atomic mass is 19.4. The first-order chi connectivity index (χ1) is 13.1. The van der Waals surface area contributed by atoms with Crippen LogP contribution in [0, 0.1) is 13.8 Å². The first-order valence-corrected chi connectivity index (χ1v) is 8.33. The minimum Gasteiger partial charge on any atom is -0.368 e. The maximum atomic E-state index is 13.1. The Bertz CT molecular complexity index is 1030. The van der Waals surface area contributed by atoms with Crippen LogP contribution in [0.15, 0.2) is 48.8 Å². The fourth-order valence-corrected chi connectivity index (χ4v) is 2.76. The predicted molar refractivity (Wildman–Crippen MR) is 101 cm³/mol. The number of hydrogen-bond donors (Lipinski definition) is 2. The fraction of sp³-hybridized carbons (Fsp3) is 0.150. The topological polar surface area (TPSA) is 80.9 Å². The molecule has 1 heterocycles. The second kappa shape index (κ2) is 7.30. The molecule has 0 bridgehead atoms. The first-order valence-electron chi connectivity index (χ1n) is 8.33. The van der Waals surface area contributed by atoms with E-state index in [1.165, 1.54) is 19.1 Å². The van der Waals surface area contributed by atoms with Gasteiger partial charge in [-0.05, 0) is 54.8 Å². The van der Waals surface area contributed by atoms with Gasteiger partial charge >= 0.3 is 6.18 Å². The number of halogens is 3. The third-order valence-electron chi connectivity index (χ3n) is 4.28. The Morgan fingerprint density at radius 2 is 1.64 bits per heavy atom. The lowest BCUT2D eigenvalue weighted by Gasteiger charge is -2.13. The number of nitrogens with one attached hydrogen (secondary N) is 1. The summed E-state index contributed by atoms with van der Waals surface area (Å²) in [5.74, 6) is -0.385. The summed E-state index contributed by atoms with van der Waals surface area (Å²) in [5, 5.41) is 2.51. The van der Waals surface area contributed by atoms with Gasteiger partial charge in [0.25, 0.3) is 5.91 Å². The molecular weight excluding hydrogens is 369 g/mol. The van der Waals surface area contributed by atoms with Crippen molar-refractivity contribution in [1.82, 2.24) is 9.97 Å². The number of amides is 1. The van der Waals surface area contributed by atoms with Gasteiger partial charge < -0.3 is 11.1 Å². The maximum absolute atomic E-state index is 13.1. The van der Waals surface area contributed by atoms with Gasteiger partial charge in [-0.3, -0.25) is 4.79 Å². The van der Waals surface area contributed by atoms with Crippen molar-refractivity contribution in [3.63, 3.8) is 0 Å². The minimum absolute atomic E-state index is 0.0702. The van der Waals surface area contributed by atoms with Crippen LogP contribution < -0.4 is 11.1 Å². The molecule has 1 amide bonds. The zero-order valence-corrected chi connectivity index (χ0v) is 15.1. The molecule has 3 aromatic rings. The van der Waals surface area contributed by atoms with Crippen molar-refractivity contribution in [2.75, 3.05) is 11.1 Å². The zero-order chi connectivity index (χ0) is 20.5. The number of nitrogens with two attached hydrogens (primary N) is 1. The lowest BCUT2D eigenvalue weighted by atomic mass is 10.00. The highest BCUT2D eigenvalue weighted by Gasteiger charge is 2.32. The smallest absolute Gasteiger partial charge is 0.368 e. The average molecular weight is 386 g/mol. The molecule has 0 atom stereocenters. The van der Waals surface area contributed by atoms with Crippen molar-refractivity contribution in [2.45, 2.75) is 20.0 Å². The van der Waals surface area contributed by atoms with E-state index in [2.05, 4.69) is 15.3 Å². The van der Waals surface area contributed by atoms with E-state index in [0.717, 1.165) is 17.2 Å². The Labute approximate surface area is 159 Å². The number of benzene rings is 2. The Morgan fingerprint density at radius 1 is 1.00 bits per heavy atom. The molecule has 0 saturated carbocycles. The third kappa shape index (κ3) is 4.11. The van der Waals surface area contributed by atoms with Crippen LogP contribution >= 0.6 is 0 Å². The molecule has 0 saturated heterocycles. The van der Waals surface area contributed by atoms with E-state index in [1.54, 1.807) is 30.6 Å². The van der Waals surface area contributed by atoms with Crippen LogP contribution in [0.1, 0.15) is 27.0 Å². The van der Waals surface area contributed by atoms with Gasteiger partial charge in [0.2, 0.25) is 5.95 Å². The van der Waals surface area contributed by atoms with Gasteiger partial charge in [0, 0.05) is 29.2 Å². The summed E-state index contributed by atoms with van der Waals surface area (Å²) in [6.45, 7) is 3.23. The molecule has 0 spiro atoms. The zero-order valence-electron chi connectivity index (χ0n) is 15.1. The van der Waals surface area contributed by atoms with E-state index < -0.39 is 17.6 Å². The number of hydrogen-bond acceptors (Lipinski definition) is 4. The Morgan fingerprint density at radius 3 is 2.29 bits per heavy atom. The summed E-state index contributed by atoms with van der Waals surface area (Å²) in [6, 6.07) is 8.67. The molecule has 3 rings (SSSR count). The Balaban J connectivity index is 1.90. The number of aromatic nitrogens is 2. The van der Waals surface area contributed by atoms with Gasteiger partial charge in [0.1, 0.15) is 0 Å². The van der Waals surface area contributed by atoms with Gasteiger partial charge in [0.15, 0.2) is 0 Å². The van der Waals surface area contributed by atoms with Gasteiger partial charge in [-0.1, -0.05) is 12.1 Å². The van der Waals surface area contributed by atoms with Gasteiger partial charge in [-0.2, -0.15) is 13.2 Å². The maximum Gasteiger partial charge on any atom is 0.416 e. The molecule has 3 N–H and O–H groups in total. The normalized spacial score (nSPS) is 11.3. The van der Waals surface area contributed by atoms with E-state index in [1.807, 2.05) is 6.92 Å². The van der Waals surface area contributed by atoms with E-state index in [4.69, 9.17) is 5.73 Å². The lowest BCUT2D eigenvalue weighted by Crippen LogP contribution is -2.14. The molecule has 0 aliphatic rings. The fourth-order valence-electron chi connectivity index (χ4n) is 2.76. The number of nitrogen functional groups attached to an aromatic ring is 1. The Hall–Kier alpha value is -3.42. The molecule has 1 aromatic heterocycles. The summed E-state index contributed by atoms with van der Waals surface area (Å²) in [5.41, 5.74) is 7.46. The molecule has 28 heavy (non-hydrogen) atoms. The number of carbonyl (C=O) groups is 1. The molecule has 0 unspecified atom stereocenters.